The molecule has 1 amide bonds. The summed E-state index contributed by atoms with van der Waals surface area (Å²) in [6.45, 7) is 7.56. The Morgan fingerprint density at radius 1 is 1.17 bits per heavy atom. The van der Waals surface area contributed by atoms with Gasteiger partial charge >= 0.3 is 12.1 Å². The molecule has 134 valence electrons. The molecule has 0 saturated heterocycles. The predicted molar refractivity (Wildman–Crippen MR) is 90.4 cm³/mol. The Hall–Kier alpha value is -2.08. The summed E-state index contributed by atoms with van der Waals surface area (Å²) in [5.74, 6) is -0.766. The van der Waals surface area contributed by atoms with Gasteiger partial charge in [-0.1, -0.05) is 37.3 Å². The van der Waals surface area contributed by atoms with E-state index in [9.17, 15) is 9.59 Å². The van der Waals surface area contributed by atoms with Crippen LogP contribution in [0.25, 0.3) is 0 Å². The summed E-state index contributed by atoms with van der Waals surface area (Å²) in [5, 5.41) is 2.58. The second kappa shape index (κ2) is 9.27. The minimum atomic E-state index is -0.840. The maximum absolute atomic E-state index is 12.3. The molecule has 1 aromatic carbocycles. The zero-order valence-corrected chi connectivity index (χ0v) is 15.0. The van der Waals surface area contributed by atoms with Crippen molar-refractivity contribution in [1.82, 2.24) is 5.32 Å². The third-order valence-electron chi connectivity index (χ3n) is 3.15. The van der Waals surface area contributed by atoms with Crippen molar-refractivity contribution >= 4 is 12.1 Å². The molecule has 0 aliphatic heterocycles. The third-order valence-corrected chi connectivity index (χ3v) is 3.15. The summed E-state index contributed by atoms with van der Waals surface area (Å²) in [4.78, 5) is 24.4. The lowest BCUT2D eigenvalue weighted by Crippen LogP contribution is -2.49. The first kappa shape index (κ1) is 20.0. The fourth-order valence-corrected chi connectivity index (χ4v) is 2.05. The van der Waals surface area contributed by atoms with Gasteiger partial charge in [-0.25, -0.2) is 9.59 Å². The Morgan fingerprint density at radius 2 is 1.79 bits per heavy atom. The highest BCUT2D eigenvalue weighted by atomic mass is 16.6. The van der Waals surface area contributed by atoms with Gasteiger partial charge in [0.05, 0.1) is 6.61 Å². The number of ether oxygens (including phenoxy) is 3. The minimum Gasteiger partial charge on any atom is -0.458 e. The highest BCUT2D eigenvalue weighted by Gasteiger charge is 2.31. The molecule has 0 aromatic heterocycles. The number of hydrogen-bond acceptors (Lipinski definition) is 5. The summed E-state index contributed by atoms with van der Waals surface area (Å²) < 4.78 is 15.6. The van der Waals surface area contributed by atoms with Gasteiger partial charge in [0.2, 0.25) is 0 Å². The first-order chi connectivity index (χ1) is 11.2. The van der Waals surface area contributed by atoms with Gasteiger partial charge in [0.15, 0.2) is 0 Å². The molecule has 24 heavy (non-hydrogen) atoms. The van der Waals surface area contributed by atoms with Crippen LogP contribution in [0.2, 0.25) is 0 Å². The molecule has 6 nitrogen and oxygen atoms in total. The Labute approximate surface area is 143 Å². The molecule has 0 aliphatic carbocycles. The van der Waals surface area contributed by atoms with Crippen molar-refractivity contribution in [3.8, 4) is 0 Å². The largest absolute Gasteiger partial charge is 0.458 e. The van der Waals surface area contributed by atoms with Gasteiger partial charge in [0.1, 0.15) is 18.2 Å². The smallest absolute Gasteiger partial charge is 0.408 e. The number of carbonyl (C=O) groups is 2. The Morgan fingerprint density at radius 3 is 2.33 bits per heavy atom. The summed E-state index contributed by atoms with van der Waals surface area (Å²) in [6.07, 6.45) is -0.669. The molecule has 6 heteroatoms. The van der Waals surface area contributed by atoms with Crippen molar-refractivity contribution in [2.24, 2.45) is 5.92 Å². The number of amides is 1. The molecular formula is C18H27NO5. The number of rotatable bonds is 7. The van der Waals surface area contributed by atoms with Crippen LogP contribution in [-0.2, 0) is 25.6 Å². The number of benzene rings is 1. The predicted octanol–water partition coefficient (Wildman–Crippen LogP) is 2.91. The van der Waals surface area contributed by atoms with Crippen LogP contribution in [-0.4, -0.2) is 37.4 Å². The van der Waals surface area contributed by atoms with E-state index in [0.29, 0.717) is 6.61 Å². The fourth-order valence-electron chi connectivity index (χ4n) is 2.05. The standard InChI is InChI=1S/C18H27NO5/c1-13(11-22-5)15(16(20)24-18(2,3)4)19-17(21)23-12-14-9-7-6-8-10-14/h6-10,13,15H,11-12H2,1-5H3,(H,19,21)/t13-,15-/m0/s1. The second-order valence-corrected chi connectivity index (χ2v) is 6.65. The zero-order chi connectivity index (χ0) is 18.2. The van der Waals surface area contributed by atoms with Gasteiger partial charge < -0.3 is 19.5 Å². The molecule has 0 radical (unpaired) electrons. The summed E-state index contributed by atoms with van der Waals surface area (Å²) >= 11 is 0. The van der Waals surface area contributed by atoms with Crippen molar-refractivity contribution in [2.45, 2.75) is 45.9 Å². The van der Waals surface area contributed by atoms with Gasteiger partial charge in [0.25, 0.3) is 0 Å². The average Bonchev–Trinajstić information content (AvgIpc) is 2.50. The fraction of sp³-hybridized carbons (Fsp3) is 0.556. The molecule has 0 spiro atoms. The molecule has 0 heterocycles. The molecule has 0 saturated carbocycles. The minimum absolute atomic E-state index is 0.131. The normalized spacial score (nSPS) is 13.7. The topological polar surface area (TPSA) is 73.9 Å². The van der Waals surface area contributed by atoms with Crippen LogP contribution < -0.4 is 5.32 Å². The number of esters is 1. The third kappa shape index (κ3) is 7.46. The van der Waals surface area contributed by atoms with Crippen molar-refractivity contribution < 1.29 is 23.8 Å². The summed E-state index contributed by atoms with van der Waals surface area (Å²) in [5.41, 5.74) is 0.226. The lowest BCUT2D eigenvalue weighted by atomic mass is 10.0. The van der Waals surface area contributed by atoms with Gasteiger partial charge in [-0.05, 0) is 26.3 Å². The van der Waals surface area contributed by atoms with Crippen molar-refractivity contribution in [2.75, 3.05) is 13.7 Å². The van der Waals surface area contributed by atoms with E-state index in [2.05, 4.69) is 5.32 Å². The Bertz CT molecular complexity index is 524. The van der Waals surface area contributed by atoms with Crippen LogP contribution in [0.1, 0.15) is 33.3 Å². The van der Waals surface area contributed by atoms with Crippen LogP contribution in [0.15, 0.2) is 30.3 Å². The molecule has 1 N–H and O–H groups in total. The van der Waals surface area contributed by atoms with Gasteiger partial charge in [-0.15, -0.1) is 0 Å². The van der Waals surface area contributed by atoms with Crippen LogP contribution in [0.3, 0.4) is 0 Å². The molecule has 0 aliphatic rings. The van der Waals surface area contributed by atoms with E-state index in [1.165, 1.54) is 7.11 Å². The quantitative estimate of drug-likeness (QED) is 0.775. The number of alkyl carbamates (subject to hydrolysis) is 1. The van der Waals surface area contributed by atoms with E-state index in [0.717, 1.165) is 5.56 Å². The number of carbonyl (C=O) groups excluding carboxylic acids is 2. The highest BCUT2D eigenvalue weighted by Crippen LogP contribution is 2.13. The Balaban J connectivity index is 2.65. The zero-order valence-electron chi connectivity index (χ0n) is 15.0. The summed E-state index contributed by atoms with van der Waals surface area (Å²) in [6, 6.07) is 8.47. The van der Waals surface area contributed by atoms with Crippen molar-refractivity contribution in [3.63, 3.8) is 0 Å². The molecule has 1 aromatic rings. The van der Waals surface area contributed by atoms with Gasteiger partial charge in [0, 0.05) is 13.0 Å². The van der Waals surface area contributed by atoms with E-state index < -0.39 is 23.7 Å². The maximum Gasteiger partial charge on any atom is 0.408 e. The molecule has 2 atom stereocenters. The van der Waals surface area contributed by atoms with E-state index in [4.69, 9.17) is 14.2 Å². The second-order valence-electron chi connectivity index (χ2n) is 6.65. The first-order valence-corrected chi connectivity index (χ1v) is 7.92. The van der Waals surface area contributed by atoms with Crippen molar-refractivity contribution in [3.05, 3.63) is 35.9 Å². The van der Waals surface area contributed by atoms with Crippen molar-refractivity contribution in [1.29, 1.82) is 0 Å². The molecule has 1 rings (SSSR count). The van der Waals surface area contributed by atoms with Crippen LogP contribution in [0.4, 0.5) is 4.79 Å². The molecule has 0 fully saturated rings. The molecule has 0 unspecified atom stereocenters. The van der Waals surface area contributed by atoms with E-state index in [-0.39, 0.29) is 12.5 Å². The monoisotopic (exact) mass is 337 g/mol. The van der Waals surface area contributed by atoms with Gasteiger partial charge in [-0.3, -0.25) is 0 Å². The van der Waals surface area contributed by atoms with Crippen LogP contribution >= 0.6 is 0 Å². The summed E-state index contributed by atoms with van der Waals surface area (Å²) in [7, 11) is 1.54. The first-order valence-electron chi connectivity index (χ1n) is 7.92. The maximum atomic E-state index is 12.3. The average molecular weight is 337 g/mol. The lowest BCUT2D eigenvalue weighted by molar-refractivity contribution is -0.159. The van der Waals surface area contributed by atoms with Crippen LogP contribution in [0.5, 0.6) is 0 Å². The highest BCUT2D eigenvalue weighted by molar-refractivity contribution is 5.81. The van der Waals surface area contributed by atoms with E-state index >= 15 is 0 Å². The number of nitrogens with one attached hydrogen (secondary N) is 1. The number of hydrogen-bond donors (Lipinski definition) is 1. The van der Waals surface area contributed by atoms with E-state index in [1.807, 2.05) is 30.3 Å². The van der Waals surface area contributed by atoms with Crippen LogP contribution in [0, 0.1) is 5.92 Å². The molecule has 0 bridgehead atoms. The van der Waals surface area contributed by atoms with E-state index in [1.54, 1.807) is 27.7 Å². The van der Waals surface area contributed by atoms with Gasteiger partial charge in [-0.2, -0.15) is 0 Å². The Kier molecular flexibility index (Phi) is 7.71. The molecular weight excluding hydrogens is 310 g/mol. The number of methoxy groups -OCH3 is 1. The SMILES string of the molecule is COC[C@H](C)[C@H](NC(=O)OCc1ccccc1)C(=O)OC(C)(C)C. The lowest BCUT2D eigenvalue weighted by Gasteiger charge is -2.27.